The Kier molecular flexibility index (Phi) is 4.66. The Morgan fingerprint density at radius 3 is 2.50 bits per heavy atom. The van der Waals surface area contributed by atoms with Crippen LogP contribution in [0.4, 0.5) is 5.69 Å². The summed E-state index contributed by atoms with van der Waals surface area (Å²) in [6.07, 6.45) is 4.85. The van der Waals surface area contributed by atoms with Gasteiger partial charge >= 0.3 is 0 Å². The smallest absolute Gasteiger partial charge is 0.257 e. The third-order valence-corrected chi connectivity index (χ3v) is 3.88. The number of carbonyl (C=O) groups is 2. The second-order valence-electron chi connectivity index (χ2n) is 5.51. The fourth-order valence-electron chi connectivity index (χ4n) is 2.13. The third-order valence-electron chi connectivity index (χ3n) is 3.58. The van der Waals surface area contributed by atoms with Crippen molar-refractivity contribution < 1.29 is 14.3 Å². The van der Waals surface area contributed by atoms with Crippen LogP contribution in [0.2, 0.25) is 5.02 Å². The minimum atomic E-state index is -0.371. The number of halogens is 1. The van der Waals surface area contributed by atoms with E-state index in [9.17, 15) is 9.59 Å². The molecule has 1 saturated carbocycles. The van der Waals surface area contributed by atoms with Gasteiger partial charge in [-0.2, -0.15) is 0 Å². The van der Waals surface area contributed by atoms with Crippen LogP contribution < -0.4 is 15.4 Å². The van der Waals surface area contributed by atoms with E-state index in [0.29, 0.717) is 27.6 Å². The lowest BCUT2D eigenvalue weighted by atomic mass is 10.1. The zero-order chi connectivity index (χ0) is 17.1. The van der Waals surface area contributed by atoms with Gasteiger partial charge in [-0.25, -0.2) is 0 Å². The summed E-state index contributed by atoms with van der Waals surface area (Å²) in [5, 5.41) is 5.98. The predicted molar refractivity (Wildman–Crippen MR) is 90.7 cm³/mol. The lowest BCUT2D eigenvalue weighted by molar-refractivity contribution is 0.0950. The molecule has 1 aliphatic carbocycles. The number of nitrogens with zero attached hydrogens (tertiary/aromatic N) is 1. The first-order chi connectivity index (χ1) is 11.6. The van der Waals surface area contributed by atoms with Crippen LogP contribution in [0.25, 0.3) is 0 Å². The molecule has 0 spiro atoms. The third kappa shape index (κ3) is 3.83. The van der Waals surface area contributed by atoms with Crippen molar-refractivity contribution in [2.75, 3.05) is 12.4 Å². The van der Waals surface area contributed by atoms with E-state index in [-0.39, 0.29) is 17.9 Å². The molecule has 0 bridgehead atoms. The first-order valence-electron chi connectivity index (χ1n) is 7.47. The highest BCUT2D eigenvalue weighted by atomic mass is 35.5. The minimum absolute atomic E-state index is 0.216. The van der Waals surface area contributed by atoms with Gasteiger partial charge in [0.05, 0.1) is 23.3 Å². The summed E-state index contributed by atoms with van der Waals surface area (Å²) in [7, 11) is 1.52. The first-order valence-corrected chi connectivity index (χ1v) is 7.85. The Morgan fingerprint density at radius 1 is 1.17 bits per heavy atom. The molecule has 1 aliphatic rings. The number of pyridine rings is 1. The van der Waals surface area contributed by atoms with Crippen LogP contribution in [0.15, 0.2) is 36.7 Å². The molecular formula is C17H16ClN3O3. The van der Waals surface area contributed by atoms with Gasteiger partial charge in [0.1, 0.15) is 5.75 Å². The molecule has 1 fully saturated rings. The molecule has 7 heteroatoms. The number of hydrogen-bond donors (Lipinski definition) is 2. The van der Waals surface area contributed by atoms with Crippen molar-refractivity contribution in [3.8, 4) is 5.75 Å². The van der Waals surface area contributed by atoms with E-state index in [1.807, 2.05) is 0 Å². The molecule has 2 aromatic rings. The van der Waals surface area contributed by atoms with E-state index >= 15 is 0 Å². The van der Waals surface area contributed by atoms with Gasteiger partial charge in [-0.15, -0.1) is 0 Å². The fraction of sp³-hybridized carbons (Fsp3) is 0.235. The summed E-state index contributed by atoms with van der Waals surface area (Å²) in [4.78, 5) is 28.3. The predicted octanol–water partition coefficient (Wildman–Crippen LogP) is 2.89. The van der Waals surface area contributed by atoms with Crippen LogP contribution in [0.1, 0.15) is 33.6 Å². The van der Waals surface area contributed by atoms with Crippen molar-refractivity contribution in [1.82, 2.24) is 10.3 Å². The molecule has 0 atom stereocenters. The van der Waals surface area contributed by atoms with Crippen molar-refractivity contribution in [1.29, 1.82) is 0 Å². The number of aromatic nitrogens is 1. The maximum atomic E-state index is 12.3. The van der Waals surface area contributed by atoms with Crippen molar-refractivity contribution in [3.05, 3.63) is 52.8 Å². The van der Waals surface area contributed by atoms with Crippen molar-refractivity contribution in [3.63, 3.8) is 0 Å². The molecule has 0 aliphatic heterocycles. The number of carbonyl (C=O) groups excluding carboxylic acids is 2. The van der Waals surface area contributed by atoms with Gasteiger partial charge in [0, 0.05) is 24.1 Å². The van der Waals surface area contributed by atoms with Crippen LogP contribution >= 0.6 is 11.6 Å². The number of methoxy groups -OCH3 is 1. The number of amides is 2. The number of benzene rings is 1. The average molecular weight is 346 g/mol. The van der Waals surface area contributed by atoms with Crippen LogP contribution in [0, 0.1) is 0 Å². The van der Waals surface area contributed by atoms with Gasteiger partial charge in [0.15, 0.2) is 0 Å². The zero-order valence-electron chi connectivity index (χ0n) is 13.0. The molecule has 24 heavy (non-hydrogen) atoms. The molecule has 124 valence electrons. The monoisotopic (exact) mass is 345 g/mol. The Bertz CT molecular complexity index is 790. The maximum Gasteiger partial charge on any atom is 0.257 e. The van der Waals surface area contributed by atoms with Crippen LogP contribution in [-0.2, 0) is 0 Å². The second kappa shape index (κ2) is 6.88. The van der Waals surface area contributed by atoms with Crippen LogP contribution in [0.5, 0.6) is 5.75 Å². The lowest BCUT2D eigenvalue weighted by Crippen LogP contribution is -2.26. The van der Waals surface area contributed by atoms with Gasteiger partial charge in [-0.1, -0.05) is 11.6 Å². The van der Waals surface area contributed by atoms with Gasteiger partial charge < -0.3 is 15.4 Å². The number of anilines is 1. The first kappa shape index (κ1) is 16.3. The topological polar surface area (TPSA) is 80.3 Å². The molecule has 0 saturated heterocycles. The number of nitrogens with one attached hydrogen (secondary N) is 2. The highest BCUT2D eigenvalue weighted by Crippen LogP contribution is 2.27. The van der Waals surface area contributed by atoms with Gasteiger partial charge in [-0.05, 0) is 37.1 Å². The van der Waals surface area contributed by atoms with Gasteiger partial charge in [0.25, 0.3) is 11.8 Å². The Morgan fingerprint density at radius 2 is 1.88 bits per heavy atom. The summed E-state index contributed by atoms with van der Waals surface area (Å²) in [5.41, 5.74) is 1.19. The van der Waals surface area contributed by atoms with Crippen LogP contribution in [-0.4, -0.2) is 29.9 Å². The van der Waals surface area contributed by atoms with Gasteiger partial charge in [0.2, 0.25) is 0 Å². The van der Waals surface area contributed by atoms with E-state index in [1.54, 1.807) is 18.2 Å². The lowest BCUT2D eigenvalue weighted by Gasteiger charge is -2.09. The van der Waals surface area contributed by atoms with Crippen LogP contribution in [0.3, 0.4) is 0 Å². The van der Waals surface area contributed by atoms with Crippen molar-refractivity contribution >= 4 is 29.1 Å². The van der Waals surface area contributed by atoms with E-state index in [2.05, 4.69) is 15.6 Å². The summed E-state index contributed by atoms with van der Waals surface area (Å²) in [6.45, 7) is 0. The second-order valence-corrected chi connectivity index (χ2v) is 5.92. The fourth-order valence-corrected chi connectivity index (χ4v) is 2.39. The van der Waals surface area contributed by atoms with E-state index in [4.69, 9.17) is 16.3 Å². The zero-order valence-corrected chi connectivity index (χ0v) is 13.8. The summed E-state index contributed by atoms with van der Waals surface area (Å²) in [5.74, 6) is -0.0629. The Hall–Kier alpha value is -2.60. The minimum Gasteiger partial charge on any atom is -0.495 e. The van der Waals surface area contributed by atoms with Crippen molar-refractivity contribution in [2.45, 2.75) is 18.9 Å². The average Bonchev–Trinajstić information content (AvgIpc) is 3.39. The Labute approximate surface area is 144 Å². The van der Waals surface area contributed by atoms with E-state index < -0.39 is 0 Å². The molecule has 1 aromatic carbocycles. The molecular weight excluding hydrogens is 330 g/mol. The maximum absolute atomic E-state index is 12.3. The summed E-state index contributed by atoms with van der Waals surface area (Å²) < 4.78 is 5.07. The summed E-state index contributed by atoms with van der Waals surface area (Å²) in [6, 6.07) is 6.70. The van der Waals surface area contributed by atoms with E-state index in [1.165, 1.54) is 25.6 Å². The molecule has 3 rings (SSSR count). The quantitative estimate of drug-likeness (QED) is 0.873. The number of ether oxygens (including phenoxy) is 1. The molecule has 0 radical (unpaired) electrons. The number of rotatable bonds is 5. The summed E-state index contributed by atoms with van der Waals surface area (Å²) >= 11 is 6.04. The molecule has 2 amide bonds. The molecule has 6 nitrogen and oxygen atoms in total. The molecule has 2 N–H and O–H groups in total. The van der Waals surface area contributed by atoms with E-state index in [0.717, 1.165) is 12.8 Å². The van der Waals surface area contributed by atoms with Crippen molar-refractivity contribution in [2.24, 2.45) is 0 Å². The molecule has 1 aromatic heterocycles. The Balaban J connectivity index is 1.72. The standard InChI is InChI=1S/C17H16ClN3O3/c1-24-15-5-4-13(7-14(15)18)21-17(23)11-6-10(8-19-9-11)16(22)20-12-2-3-12/h4-9,12H,2-3H2,1H3,(H,20,22)(H,21,23). The SMILES string of the molecule is COc1ccc(NC(=O)c2cncc(C(=O)NC3CC3)c2)cc1Cl. The number of hydrogen-bond acceptors (Lipinski definition) is 4. The highest BCUT2D eigenvalue weighted by Gasteiger charge is 2.24. The normalized spacial score (nSPS) is 13.2. The largest absolute Gasteiger partial charge is 0.495 e. The molecule has 0 unspecified atom stereocenters. The highest BCUT2D eigenvalue weighted by molar-refractivity contribution is 6.32. The van der Waals surface area contributed by atoms with Gasteiger partial charge in [-0.3, -0.25) is 14.6 Å². The molecule has 1 heterocycles.